The highest BCUT2D eigenvalue weighted by atomic mass is 32.2. The van der Waals surface area contributed by atoms with Gasteiger partial charge in [-0.05, 0) is 12.0 Å². The summed E-state index contributed by atoms with van der Waals surface area (Å²) in [5, 5.41) is 21.4. The molecule has 0 fully saturated rings. The maximum atomic E-state index is 12.2. The number of hydrogen-bond acceptors (Lipinski definition) is 7. The van der Waals surface area contributed by atoms with Crippen molar-refractivity contribution in [1.29, 1.82) is 0 Å². The van der Waals surface area contributed by atoms with Crippen LogP contribution in [0.1, 0.15) is 23.3 Å². The Morgan fingerprint density at radius 1 is 1.26 bits per heavy atom. The zero-order chi connectivity index (χ0) is 19.1. The number of carbonyl (C=O) groups is 1. The van der Waals surface area contributed by atoms with Crippen molar-refractivity contribution < 1.29 is 4.79 Å². The van der Waals surface area contributed by atoms with Gasteiger partial charge < -0.3 is 4.57 Å². The number of anilines is 1. The molecule has 0 aliphatic carbocycles. The van der Waals surface area contributed by atoms with Crippen molar-refractivity contribution in [3.63, 3.8) is 0 Å². The van der Waals surface area contributed by atoms with Gasteiger partial charge in [0.2, 0.25) is 11.0 Å². The maximum Gasteiger partial charge on any atom is 0.236 e. The van der Waals surface area contributed by atoms with Crippen molar-refractivity contribution >= 4 is 34.1 Å². The zero-order valence-electron chi connectivity index (χ0n) is 15.0. The fourth-order valence-corrected chi connectivity index (χ4v) is 3.84. The molecule has 0 saturated heterocycles. The van der Waals surface area contributed by atoms with E-state index in [1.54, 1.807) is 6.08 Å². The number of aryl methyl sites for hydroxylation is 1. The maximum absolute atomic E-state index is 12.2. The number of allylic oxidation sites excluding steroid dienone is 1. The van der Waals surface area contributed by atoms with Crippen LogP contribution in [0.2, 0.25) is 0 Å². The van der Waals surface area contributed by atoms with Crippen molar-refractivity contribution in [2.75, 3.05) is 11.1 Å². The molecule has 0 unspecified atom stereocenters. The van der Waals surface area contributed by atoms with Crippen molar-refractivity contribution in [3.8, 4) is 0 Å². The predicted octanol–water partition coefficient (Wildman–Crippen LogP) is 3.20. The third-order valence-corrected chi connectivity index (χ3v) is 5.61. The fourth-order valence-electron chi connectivity index (χ4n) is 2.38. The SMILES string of the molecule is C=CCn1c(Cc2ccccc2)nnc1SCC(=O)Nc1nnc(CC)s1. The second-order valence-electron chi connectivity index (χ2n) is 5.65. The first-order valence-corrected chi connectivity index (χ1v) is 10.3. The molecule has 2 heterocycles. The molecular formula is C18H20N6OS2. The van der Waals surface area contributed by atoms with Gasteiger partial charge >= 0.3 is 0 Å². The normalized spacial score (nSPS) is 10.7. The van der Waals surface area contributed by atoms with Gasteiger partial charge in [-0.15, -0.1) is 27.0 Å². The third kappa shape index (κ3) is 5.24. The highest BCUT2D eigenvalue weighted by Gasteiger charge is 2.15. The van der Waals surface area contributed by atoms with E-state index in [0.717, 1.165) is 22.8 Å². The Hall–Kier alpha value is -2.52. The average Bonchev–Trinajstić information content (AvgIpc) is 3.28. The van der Waals surface area contributed by atoms with Gasteiger partial charge in [0, 0.05) is 13.0 Å². The van der Waals surface area contributed by atoms with E-state index in [-0.39, 0.29) is 11.7 Å². The Morgan fingerprint density at radius 3 is 2.78 bits per heavy atom. The van der Waals surface area contributed by atoms with Crippen LogP contribution in [-0.4, -0.2) is 36.6 Å². The highest BCUT2D eigenvalue weighted by molar-refractivity contribution is 7.99. The molecule has 9 heteroatoms. The van der Waals surface area contributed by atoms with Crippen molar-refractivity contribution in [2.45, 2.75) is 31.5 Å². The largest absolute Gasteiger partial charge is 0.302 e. The Bertz CT molecular complexity index is 906. The Balaban J connectivity index is 1.63. The molecule has 7 nitrogen and oxygen atoms in total. The number of nitrogens with zero attached hydrogens (tertiary/aromatic N) is 5. The molecule has 0 atom stereocenters. The molecule has 0 bridgehead atoms. The first kappa shape index (κ1) is 19.2. The average molecular weight is 401 g/mol. The fraction of sp³-hybridized carbons (Fsp3) is 0.278. The van der Waals surface area contributed by atoms with Gasteiger partial charge in [-0.25, -0.2) is 0 Å². The summed E-state index contributed by atoms with van der Waals surface area (Å²) in [7, 11) is 0. The van der Waals surface area contributed by atoms with Crippen molar-refractivity contribution in [1.82, 2.24) is 25.0 Å². The molecule has 3 rings (SSSR count). The molecule has 0 radical (unpaired) electrons. The summed E-state index contributed by atoms with van der Waals surface area (Å²) >= 11 is 2.73. The summed E-state index contributed by atoms with van der Waals surface area (Å²) in [6.07, 6.45) is 3.28. The van der Waals surface area contributed by atoms with Crippen LogP contribution >= 0.6 is 23.1 Å². The van der Waals surface area contributed by atoms with Crippen LogP contribution in [0, 0.1) is 0 Å². The number of thioether (sulfide) groups is 1. The lowest BCUT2D eigenvalue weighted by atomic mass is 10.1. The second-order valence-corrected chi connectivity index (χ2v) is 7.66. The topological polar surface area (TPSA) is 85.6 Å². The minimum Gasteiger partial charge on any atom is -0.302 e. The summed E-state index contributed by atoms with van der Waals surface area (Å²) in [5.74, 6) is 0.930. The van der Waals surface area contributed by atoms with Gasteiger partial charge in [-0.2, -0.15) is 0 Å². The van der Waals surface area contributed by atoms with E-state index in [2.05, 4.69) is 44.4 Å². The van der Waals surface area contributed by atoms with Gasteiger partial charge in [0.25, 0.3) is 0 Å². The molecular weight excluding hydrogens is 380 g/mol. The number of amides is 1. The number of hydrogen-bond donors (Lipinski definition) is 1. The first-order chi connectivity index (χ1) is 13.2. The monoisotopic (exact) mass is 400 g/mol. The molecule has 3 aromatic rings. The van der Waals surface area contributed by atoms with E-state index in [9.17, 15) is 4.79 Å². The van der Waals surface area contributed by atoms with E-state index in [1.807, 2.05) is 29.7 Å². The predicted molar refractivity (Wildman–Crippen MR) is 108 cm³/mol. The zero-order valence-corrected chi connectivity index (χ0v) is 16.6. The van der Waals surface area contributed by atoms with Crippen molar-refractivity contribution in [2.24, 2.45) is 0 Å². The Morgan fingerprint density at radius 2 is 2.07 bits per heavy atom. The molecule has 1 N–H and O–H groups in total. The second kappa shape index (κ2) is 9.43. The smallest absolute Gasteiger partial charge is 0.236 e. The van der Waals surface area contributed by atoms with Crippen LogP contribution in [-0.2, 0) is 24.2 Å². The van der Waals surface area contributed by atoms with Crippen molar-refractivity contribution in [3.05, 3.63) is 59.4 Å². The van der Waals surface area contributed by atoms with Gasteiger partial charge in [0.1, 0.15) is 10.8 Å². The number of rotatable bonds is 9. The molecule has 140 valence electrons. The van der Waals surface area contributed by atoms with Crippen LogP contribution in [0.5, 0.6) is 0 Å². The Kier molecular flexibility index (Phi) is 6.72. The minimum absolute atomic E-state index is 0.142. The summed E-state index contributed by atoms with van der Waals surface area (Å²) in [4.78, 5) is 12.2. The summed E-state index contributed by atoms with van der Waals surface area (Å²) in [5.41, 5.74) is 1.16. The molecule has 2 aromatic heterocycles. The lowest BCUT2D eigenvalue weighted by Crippen LogP contribution is -2.14. The van der Waals surface area contributed by atoms with Gasteiger partial charge in [0.15, 0.2) is 5.16 Å². The molecule has 0 aliphatic rings. The van der Waals surface area contributed by atoms with Crippen LogP contribution in [0.4, 0.5) is 5.13 Å². The van der Waals surface area contributed by atoms with Crippen LogP contribution in [0.25, 0.3) is 0 Å². The highest BCUT2D eigenvalue weighted by Crippen LogP contribution is 2.20. The van der Waals surface area contributed by atoms with Gasteiger partial charge in [-0.3, -0.25) is 10.1 Å². The minimum atomic E-state index is -0.142. The number of benzene rings is 1. The van der Waals surface area contributed by atoms with E-state index in [0.29, 0.717) is 23.3 Å². The first-order valence-electron chi connectivity index (χ1n) is 8.51. The molecule has 27 heavy (non-hydrogen) atoms. The third-order valence-electron chi connectivity index (χ3n) is 3.66. The summed E-state index contributed by atoms with van der Waals surface area (Å²) < 4.78 is 1.98. The summed E-state index contributed by atoms with van der Waals surface area (Å²) in [6.45, 7) is 6.40. The lowest BCUT2D eigenvalue weighted by Gasteiger charge is -2.07. The quantitative estimate of drug-likeness (QED) is 0.438. The lowest BCUT2D eigenvalue weighted by molar-refractivity contribution is -0.113. The van der Waals surface area contributed by atoms with Crippen LogP contribution in [0.15, 0.2) is 48.1 Å². The van der Waals surface area contributed by atoms with Gasteiger partial charge in [-0.1, -0.05) is 66.4 Å². The molecule has 1 aromatic carbocycles. The molecule has 0 aliphatic heterocycles. The number of aromatic nitrogens is 5. The summed E-state index contributed by atoms with van der Waals surface area (Å²) in [6, 6.07) is 10.1. The molecule has 0 spiro atoms. The molecule has 0 saturated carbocycles. The Labute approximate surface area is 165 Å². The van der Waals surface area contributed by atoms with E-state index in [1.165, 1.54) is 23.1 Å². The number of nitrogens with one attached hydrogen (secondary N) is 1. The van der Waals surface area contributed by atoms with Gasteiger partial charge in [0.05, 0.1) is 5.75 Å². The van der Waals surface area contributed by atoms with E-state index in [4.69, 9.17) is 0 Å². The van der Waals surface area contributed by atoms with E-state index >= 15 is 0 Å². The molecule has 1 amide bonds. The number of carbonyl (C=O) groups excluding carboxylic acids is 1. The van der Waals surface area contributed by atoms with E-state index < -0.39 is 0 Å². The van der Waals surface area contributed by atoms with Crippen LogP contribution < -0.4 is 5.32 Å². The van der Waals surface area contributed by atoms with Crippen LogP contribution in [0.3, 0.4) is 0 Å². The standard InChI is InChI=1S/C18H20N6OS2/c1-3-10-24-14(11-13-8-6-5-7-9-13)20-23-18(24)26-12-15(25)19-17-22-21-16(4-2)27-17/h3,5-9H,1,4,10-12H2,2H3,(H,19,22,25).